The van der Waals surface area contributed by atoms with Crippen LogP contribution in [0.1, 0.15) is 38.1 Å². The van der Waals surface area contributed by atoms with Crippen molar-refractivity contribution in [3.63, 3.8) is 0 Å². The average Bonchev–Trinajstić information content (AvgIpc) is 2.60. The zero-order valence-electron chi connectivity index (χ0n) is 12.2. The zero-order valence-corrected chi connectivity index (χ0v) is 13.0. The maximum atomic E-state index is 12.1. The van der Waals surface area contributed by atoms with E-state index in [1.807, 2.05) is 34.7 Å². The number of carbonyl (C=O) groups is 1. The van der Waals surface area contributed by atoms with Crippen molar-refractivity contribution < 1.29 is 4.79 Å². The van der Waals surface area contributed by atoms with Crippen LogP contribution in [-0.4, -0.2) is 29.4 Å². The number of aryl methyl sites for hydroxylation is 1. The predicted molar refractivity (Wildman–Crippen MR) is 77.9 cm³/mol. The number of nitrogens with one attached hydrogen (secondary N) is 1. The molecule has 0 fully saturated rings. The van der Waals surface area contributed by atoms with Gasteiger partial charge in [0, 0.05) is 17.0 Å². The molecule has 102 valence electrons. The normalized spacial score (nSPS) is 13.7. The molecule has 1 atom stereocenters. The van der Waals surface area contributed by atoms with Gasteiger partial charge in [-0.15, -0.1) is 11.3 Å². The Balaban J connectivity index is 2.59. The van der Waals surface area contributed by atoms with Crippen molar-refractivity contribution >= 4 is 17.2 Å². The summed E-state index contributed by atoms with van der Waals surface area (Å²) in [6.45, 7) is 10.9. The molecule has 0 saturated carbocycles. The Labute approximate surface area is 114 Å². The highest BCUT2D eigenvalue weighted by Gasteiger charge is 2.22. The molecular weight excluding hydrogens is 244 g/mol. The van der Waals surface area contributed by atoms with E-state index in [2.05, 4.69) is 28.6 Å². The number of amides is 1. The van der Waals surface area contributed by atoms with Gasteiger partial charge >= 0.3 is 0 Å². The number of hydrogen-bond donors (Lipinski definition) is 1. The van der Waals surface area contributed by atoms with Gasteiger partial charge in [0.25, 0.3) is 0 Å². The van der Waals surface area contributed by atoms with E-state index in [1.165, 1.54) is 10.4 Å². The summed E-state index contributed by atoms with van der Waals surface area (Å²) in [5, 5.41) is 5.11. The molecule has 0 radical (unpaired) electrons. The van der Waals surface area contributed by atoms with Gasteiger partial charge in [0.15, 0.2) is 0 Å². The van der Waals surface area contributed by atoms with Crippen molar-refractivity contribution in [1.29, 1.82) is 0 Å². The average molecular weight is 268 g/mol. The monoisotopic (exact) mass is 268 g/mol. The minimum Gasteiger partial charge on any atom is -0.350 e. The highest BCUT2D eigenvalue weighted by atomic mass is 32.1. The molecule has 1 unspecified atom stereocenters. The van der Waals surface area contributed by atoms with Crippen LogP contribution in [0.5, 0.6) is 0 Å². The van der Waals surface area contributed by atoms with E-state index in [4.69, 9.17) is 0 Å². The third-order valence-electron chi connectivity index (χ3n) is 2.90. The number of carbonyl (C=O) groups excluding carboxylic acids is 1. The van der Waals surface area contributed by atoms with Crippen LogP contribution >= 0.6 is 11.3 Å². The second kappa shape index (κ2) is 5.85. The SMILES string of the molecule is Cc1ccsc1CN(C)C(C)C(=O)NC(C)(C)C. The fourth-order valence-electron chi connectivity index (χ4n) is 1.60. The molecule has 0 aliphatic rings. The number of thiophene rings is 1. The van der Waals surface area contributed by atoms with E-state index in [-0.39, 0.29) is 17.5 Å². The van der Waals surface area contributed by atoms with Gasteiger partial charge in [0.05, 0.1) is 6.04 Å². The Hall–Kier alpha value is -0.870. The molecule has 18 heavy (non-hydrogen) atoms. The first-order valence-corrected chi connectivity index (χ1v) is 7.14. The summed E-state index contributed by atoms with van der Waals surface area (Å²) in [6, 6.07) is 2.00. The first-order chi connectivity index (χ1) is 8.20. The molecule has 3 nitrogen and oxygen atoms in total. The molecule has 1 heterocycles. The van der Waals surface area contributed by atoms with Crippen LogP contribution in [0.15, 0.2) is 11.4 Å². The molecule has 1 N–H and O–H groups in total. The summed E-state index contributed by atoms with van der Waals surface area (Å²) < 4.78 is 0. The molecule has 0 saturated heterocycles. The van der Waals surface area contributed by atoms with Crippen LogP contribution in [0.4, 0.5) is 0 Å². The third-order valence-corrected chi connectivity index (χ3v) is 3.91. The van der Waals surface area contributed by atoms with Gasteiger partial charge in [-0.2, -0.15) is 0 Å². The molecule has 1 amide bonds. The number of likely N-dealkylation sites (N-methyl/N-ethyl adjacent to an activating group) is 1. The molecule has 4 heteroatoms. The highest BCUT2D eigenvalue weighted by molar-refractivity contribution is 7.10. The van der Waals surface area contributed by atoms with Gasteiger partial charge < -0.3 is 5.32 Å². The van der Waals surface area contributed by atoms with Crippen molar-refractivity contribution in [2.75, 3.05) is 7.05 Å². The summed E-state index contributed by atoms with van der Waals surface area (Å²) in [4.78, 5) is 15.5. The van der Waals surface area contributed by atoms with E-state index >= 15 is 0 Å². The van der Waals surface area contributed by atoms with Crippen molar-refractivity contribution in [3.05, 3.63) is 21.9 Å². The Morgan fingerprint density at radius 1 is 1.50 bits per heavy atom. The quantitative estimate of drug-likeness (QED) is 0.910. The Morgan fingerprint density at radius 3 is 2.56 bits per heavy atom. The second-order valence-electron chi connectivity index (χ2n) is 5.86. The number of nitrogens with zero attached hydrogens (tertiary/aromatic N) is 1. The van der Waals surface area contributed by atoms with Gasteiger partial charge in [0.1, 0.15) is 0 Å². The summed E-state index contributed by atoms with van der Waals surface area (Å²) in [6.07, 6.45) is 0. The summed E-state index contributed by atoms with van der Waals surface area (Å²) in [5.74, 6) is 0.0826. The van der Waals surface area contributed by atoms with E-state index in [9.17, 15) is 4.79 Å². The molecular formula is C14H24N2OS. The lowest BCUT2D eigenvalue weighted by Gasteiger charge is -2.28. The van der Waals surface area contributed by atoms with Crippen molar-refractivity contribution in [2.45, 2.75) is 52.7 Å². The minimum absolute atomic E-state index is 0.0826. The Morgan fingerprint density at radius 2 is 2.11 bits per heavy atom. The van der Waals surface area contributed by atoms with Crippen LogP contribution in [0.25, 0.3) is 0 Å². The second-order valence-corrected chi connectivity index (χ2v) is 6.86. The van der Waals surface area contributed by atoms with E-state index in [0.29, 0.717) is 0 Å². The summed E-state index contributed by atoms with van der Waals surface area (Å²) >= 11 is 1.75. The topological polar surface area (TPSA) is 32.3 Å². The molecule has 0 aliphatic carbocycles. The lowest BCUT2D eigenvalue weighted by molar-refractivity contribution is -0.127. The van der Waals surface area contributed by atoms with Crippen LogP contribution in [0, 0.1) is 6.92 Å². The molecule has 1 aromatic rings. The minimum atomic E-state index is -0.176. The zero-order chi connectivity index (χ0) is 13.9. The van der Waals surface area contributed by atoms with Crippen molar-refractivity contribution in [3.8, 4) is 0 Å². The van der Waals surface area contributed by atoms with E-state index < -0.39 is 0 Å². The molecule has 1 aromatic heterocycles. The lowest BCUT2D eigenvalue weighted by Crippen LogP contribution is -2.49. The smallest absolute Gasteiger partial charge is 0.237 e. The van der Waals surface area contributed by atoms with Crippen LogP contribution in [-0.2, 0) is 11.3 Å². The van der Waals surface area contributed by atoms with Gasteiger partial charge in [-0.3, -0.25) is 9.69 Å². The van der Waals surface area contributed by atoms with Crippen LogP contribution in [0.2, 0.25) is 0 Å². The van der Waals surface area contributed by atoms with E-state index in [1.54, 1.807) is 11.3 Å². The largest absolute Gasteiger partial charge is 0.350 e. The predicted octanol–water partition coefficient (Wildman–Crippen LogP) is 2.79. The molecule has 1 rings (SSSR count). The van der Waals surface area contributed by atoms with Gasteiger partial charge in [-0.25, -0.2) is 0 Å². The number of rotatable bonds is 4. The summed E-state index contributed by atoms with van der Waals surface area (Å²) in [7, 11) is 1.99. The maximum absolute atomic E-state index is 12.1. The van der Waals surface area contributed by atoms with Crippen LogP contribution < -0.4 is 5.32 Å². The molecule has 0 bridgehead atoms. The number of hydrogen-bond acceptors (Lipinski definition) is 3. The Kier molecular flexibility index (Phi) is 4.93. The maximum Gasteiger partial charge on any atom is 0.237 e. The fourth-order valence-corrected chi connectivity index (χ4v) is 2.57. The lowest BCUT2D eigenvalue weighted by atomic mass is 10.1. The molecule has 0 aromatic carbocycles. The fraction of sp³-hybridized carbons (Fsp3) is 0.643. The Bertz CT molecular complexity index is 406. The first-order valence-electron chi connectivity index (χ1n) is 6.26. The van der Waals surface area contributed by atoms with Crippen molar-refractivity contribution in [1.82, 2.24) is 10.2 Å². The van der Waals surface area contributed by atoms with Crippen molar-refractivity contribution in [2.24, 2.45) is 0 Å². The van der Waals surface area contributed by atoms with Gasteiger partial charge in [0.2, 0.25) is 5.91 Å². The van der Waals surface area contributed by atoms with Gasteiger partial charge in [-0.1, -0.05) is 0 Å². The van der Waals surface area contributed by atoms with Crippen LogP contribution in [0.3, 0.4) is 0 Å². The first kappa shape index (κ1) is 15.2. The van der Waals surface area contributed by atoms with E-state index in [0.717, 1.165) is 6.54 Å². The standard InChI is InChI=1S/C14H24N2OS/c1-10-7-8-18-12(10)9-16(6)11(2)13(17)15-14(3,4)5/h7-8,11H,9H2,1-6H3,(H,15,17). The summed E-state index contributed by atoms with van der Waals surface area (Å²) in [5.41, 5.74) is 1.13. The molecule has 0 spiro atoms. The third kappa shape index (κ3) is 4.42. The highest BCUT2D eigenvalue weighted by Crippen LogP contribution is 2.18. The molecule has 0 aliphatic heterocycles. The van der Waals surface area contributed by atoms with Gasteiger partial charge in [-0.05, 0) is 58.7 Å².